The molecule has 4 rings (SSSR count). The number of thiazole rings is 1. The van der Waals surface area contributed by atoms with Gasteiger partial charge in [0.05, 0.1) is 0 Å². The van der Waals surface area contributed by atoms with E-state index in [1.807, 2.05) is 0 Å². The Morgan fingerprint density at radius 1 is 0.889 bits per heavy atom. The molecule has 0 saturated carbocycles. The van der Waals surface area contributed by atoms with Crippen molar-refractivity contribution in [3.05, 3.63) is 71.2 Å². The Hall–Kier alpha value is -2.80. The maximum atomic E-state index is 13.1. The minimum absolute atomic E-state index is 0.0987. The Labute approximate surface area is 159 Å². The second kappa shape index (κ2) is 7.44. The van der Waals surface area contributed by atoms with Crippen LogP contribution in [0.4, 0.5) is 14.5 Å². The molecule has 3 aromatic rings. The molecule has 1 saturated heterocycles. The minimum Gasteiger partial charge on any atom is -0.368 e. The number of piperazine rings is 1. The van der Waals surface area contributed by atoms with Gasteiger partial charge in [0.15, 0.2) is 0 Å². The summed E-state index contributed by atoms with van der Waals surface area (Å²) in [4.78, 5) is 21.1. The van der Waals surface area contributed by atoms with E-state index >= 15 is 0 Å². The number of rotatable bonds is 3. The molecule has 1 aromatic heterocycles. The van der Waals surface area contributed by atoms with E-state index in [0.717, 1.165) is 11.3 Å². The molecule has 0 bridgehead atoms. The number of halogens is 2. The molecule has 0 unspecified atom stereocenters. The fourth-order valence-corrected chi connectivity index (χ4v) is 3.88. The Morgan fingerprint density at radius 2 is 1.48 bits per heavy atom. The topological polar surface area (TPSA) is 36.4 Å². The summed E-state index contributed by atoms with van der Waals surface area (Å²) in [5, 5.41) is 2.44. The van der Waals surface area contributed by atoms with E-state index in [9.17, 15) is 13.6 Å². The molecule has 2 heterocycles. The molecule has 1 amide bonds. The van der Waals surface area contributed by atoms with Crippen LogP contribution in [0.3, 0.4) is 0 Å². The van der Waals surface area contributed by atoms with Gasteiger partial charge in [-0.05, 0) is 48.5 Å². The summed E-state index contributed by atoms with van der Waals surface area (Å²) in [6, 6.07) is 12.5. The molecule has 1 aliphatic rings. The largest absolute Gasteiger partial charge is 0.368 e. The van der Waals surface area contributed by atoms with Gasteiger partial charge < -0.3 is 9.80 Å². The van der Waals surface area contributed by atoms with Crippen molar-refractivity contribution in [1.82, 2.24) is 9.88 Å². The van der Waals surface area contributed by atoms with E-state index < -0.39 is 0 Å². The zero-order valence-corrected chi connectivity index (χ0v) is 15.3. The van der Waals surface area contributed by atoms with Crippen LogP contribution in [0.15, 0.2) is 53.9 Å². The first kappa shape index (κ1) is 17.6. The standard InChI is InChI=1S/C20H17F2N3OS/c21-15-3-1-14(2-4-15)19-23-18(13-27-19)20(26)25-11-9-24(10-12-25)17-7-5-16(22)6-8-17/h1-8,13H,9-12H2. The lowest BCUT2D eigenvalue weighted by atomic mass is 10.2. The van der Waals surface area contributed by atoms with Gasteiger partial charge in [-0.1, -0.05) is 0 Å². The second-order valence-electron chi connectivity index (χ2n) is 6.30. The third-order valence-electron chi connectivity index (χ3n) is 4.57. The summed E-state index contributed by atoms with van der Waals surface area (Å²) in [5.74, 6) is -0.656. The number of benzene rings is 2. The highest BCUT2D eigenvalue weighted by Gasteiger charge is 2.24. The van der Waals surface area contributed by atoms with Crippen molar-refractivity contribution in [3.63, 3.8) is 0 Å². The summed E-state index contributed by atoms with van der Waals surface area (Å²) in [6.07, 6.45) is 0. The third kappa shape index (κ3) is 3.83. The molecule has 0 atom stereocenters. The summed E-state index contributed by atoms with van der Waals surface area (Å²) >= 11 is 1.37. The maximum absolute atomic E-state index is 13.1. The van der Waals surface area contributed by atoms with E-state index in [4.69, 9.17) is 0 Å². The first-order valence-corrected chi connectivity index (χ1v) is 9.49. The smallest absolute Gasteiger partial charge is 0.273 e. The van der Waals surface area contributed by atoms with Crippen LogP contribution >= 0.6 is 11.3 Å². The number of carbonyl (C=O) groups is 1. The van der Waals surface area contributed by atoms with Crippen LogP contribution in [-0.2, 0) is 0 Å². The molecule has 0 radical (unpaired) electrons. The molecule has 1 fully saturated rings. The fraction of sp³-hybridized carbons (Fsp3) is 0.200. The first-order valence-electron chi connectivity index (χ1n) is 8.61. The van der Waals surface area contributed by atoms with Crippen LogP contribution < -0.4 is 4.90 Å². The number of anilines is 1. The van der Waals surface area contributed by atoms with Crippen LogP contribution in [0.5, 0.6) is 0 Å². The Bertz CT molecular complexity index is 933. The van der Waals surface area contributed by atoms with Gasteiger partial charge in [-0.15, -0.1) is 11.3 Å². The summed E-state index contributed by atoms with van der Waals surface area (Å²) in [7, 11) is 0. The lowest BCUT2D eigenvalue weighted by Gasteiger charge is -2.35. The molecule has 4 nitrogen and oxygen atoms in total. The lowest BCUT2D eigenvalue weighted by Crippen LogP contribution is -2.48. The van der Waals surface area contributed by atoms with Gasteiger partial charge >= 0.3 is 0 Å². The number of hydrogen-bond donors (Lipinski definition) is 0. The normalized spacial score (nSPS) is 14.4. The minimum atomic E-state index is -0.300. The molecule has 1 aliphatic heterocycles. The number of hydrogen-bond acceptors (Lipinski definition) is 4. The quantitative estimate of drug-likeness (QED) is 0.683. The average molecular weight is 385 g/mol. The number of nitrogens with zero attached hydrogens (tertiary/aromatic N) is 3. The molecule has 2 aromatic carbocycles. The maximum Gasteiger partial charge on any atom is 0.273 e. The summed E-state index contributed by atoms with van der Waals surface area (Å²) in [6.45, 7) is 2.54. The van der Waals surface area contributed by atoms with Crippen molar-refractivity contribution in [3.8, 4) is 10.6 Å². The van der Waals surface area contributed by atoms with Gasteiger partial charge in [0.2, 0.25) is 0 Å². The number of carbonyl (C=O) groups excluding carboxylic acids is 1. The molecule has 0 spiro atoms. The highest BCUT2D eigenvalue weighted by molar-refractivity contribution is 7.13. The van der Waals surface area contributed by atoms with Gasteiger partial charge in [0.25, 0.3) is 5.91 Å². The molecule has 7 heteroatoms. The average Bonchev–Trinajstić information content (AvgIpc) is 3.19. The third-order valence-corrected chi connectivity index (χ3v) is 5.46. The number of amides is 1. The SMILES string of the molecule is O=C(c1csc(-c2ccc(F)cc2)n1)N1CCN(c2ccc(F)cc2)CC1. The summed E-state index contributed by atoms with van der Waals surface area (Å²) < 4.78 is 26.1. The second-order valence-corrected chi connectivity index (χ2v) is 7.16. The van der Waals surface area contributed by atoms with E-state index in [1.165, 1.54) is 35.6 Å². The first-order chi connectivity index (χ1) is 13.1. The zero-order valence-electron chi connectivity index (χ0n) is 14.4. The van der Waals surface area contributed by atoms with Crippen molar-refractivity contribution >= 4 is 22.9 Å². The van der Waals surface area contributed by atoms with Crippen molar-refractivity contribution in [2.45, 2.75) is 0 Å². The predicted molar refractivity (Wildman–Crippen MR) is 102 cm³/mol. The van der Waals surface area contributed by atoms with E-state index in [-0.39, 0.29) is 17.5 Å². The predicted octanol–water partition coefficient (Wildman–Crippen LogP) is 4.05. The molecule has 0 N–H and O–H groups in total. The zero-order chi connectivity index (χ0) is 18.8. The molecular weight excluding hydrogens is 368 g/mol. The Balaban J connectivity index is 1.41. The molecule has 27 heavy (non-hydrogen) atoms. The van der Waals surface area contributed by atoms with Crippen LogP contribution in [-0.4, -0.2) is 42.0 Å². The Morgan fingerprint density at radius 3 is 2.11 bits per heavy atom. The van der Waals surface area contributed by atoms with Crippen molar-refractivity contribution in [2.24, 2.45) is 0 Å². The van der Waals surface area contributed by atoms with Crippen LogP contribution in [0.2, 0.25) is 0 Å². The van der Waals surface area contributed by atoms with Gasteiger partial charge in [-0.2, -0.15) is 0 Å². The van der Waals surface area contributed by atoms with Crippen LogP contribution in [0.1, 0.15) is 10.5 Å². The monoisotopic (exact) mass is 385 g/mol. The fourth-order valence-electron chi connectivity index (χ4n) is 3.08. The highest BCUT2D eigenvalue weighted by Crippen LogP contribution is 2.25. The van der Waals surface area contributed by atoms with E-state index in [2.05, 4.69) is 9.88 Å². The van der Waals surface area contributed by atoms with Gasteiger partial charge in [0.1, 0.15) is 22.3 Å². The van der Waals surface area contributed by atoms with Crippen molar-refractivity contribution < 1.29 is 13.6 Å². The highest BCUT2D eigenvalue weighted by atomic mass is 32.1. The van der Waals surface area contributed by atoms with Gasteiger partial charge in [0, 0.05) is 42.8 Å². The molecule has 138 valence electrons. The Kier molecular flexibility index (Phi) is 4.85. The van der Waals surface area contributed by atoms with Gasteiger partial charge in [-0.3, -0.25) is 4.79 Å². The van der Waals surface area contributed by atoms with Crippen LogP contribution in [0.25, 0.3) is 10.6 Å². The van der Waals surface area contributed by atoms with E-state index in [1.54, 1.807) is 34.5 Å². The van der Waals surface area contributed by atoms with Crippen molar-refractivity contribution in [1.29, 1.82) is 0 Å². The molecular formula is C20H17F2N3OS. The van der Waals surface area contributed by atoms with Gasteiger partial charge in [-0.25, -0.2) is 13.8 Å². The number of aromatic nitrogens is 1. The van der Waals surface area contributed by atoms with Crippen LogP contribution in [0, 0.1) is 11.6 Å². The van der Waals surface area contributed by atoms with Crippen molar-refractivity contribution in [2.75, 3.05) is 31.1 Å². The molecule has 0 aliphatic carbocycles. The van der Waals surface area contributed by atoms with E-state index in [0.29, 0.717) is 36.9 Å². The lowest BCUT2D eigenvalue weighted by molar-refractivity contribution is 0.0742. The summed E-state index contributed by atoms with van der Waals surface area (Å²) in [5.41, 5.74) is 2.16.